The molecule has 7 nitrogen and oxygen atoms in total. The van der Waals surface area contributed by atoms with E-state index < -0.39 is 0 Å². The second kappa shape index (κ2) is 6.35. The summed E-state index contributed by atoms with van der Waals surface area (Å²) in [5.74, 6) is 0.813. The average molecular weight is 418 g/mol. The van der Waals surface area contributed by atoms with Gasteiger partial charge in [-0.1, -0.05) is 29.0 Å². The molecule has 0 saturated carbocycles. The predicted molar refractivity (Wildman–Crippen MR) is 112 cm³/mol. The van der Waals surface area contributed by atoms with Crippen molar-refractivity contribution in [2.45, 2.75) is 25.4 Å². The Bertz CT molecular complexity index is 1130. The first kappa shape index (κ1) is 17.8. The van der Waals surface area contributed by atoms with Crippen molar-refractivity contribution < 1.29 is 4.74 Å². The van der Waals surface area contributed by atoms with Crippen molar-refractivity contribution in [1.82, 2.24) is 14.8 Å². The van der Waals surface area contributed by atoms with Gasteiger partial charge in [0.15, 0.2) is 5.13 Å². The monoisotopic (exact) mass is 417 g/mol. The quantitative estimate of drug-likeness (QED) is 0.653. The van der Waals surface area contributed by atoms with Crippen molar-refractivity contribution in [3.63, 3.8) is 0 Å². The number of aryl methyl sites for hydroxylation is 2. The highest BCUT2D eigenvalue weighted by Crippen LogP contribution is 2.44. The molecule has 146 valence electrons. The summed E-state index contributed by atoms with van der Waals surface area (Å²) in [6, 6.07) is 4.76. The number of fused-ring (bicyclic) bond motifs is 3. The molecule has 5 heterocycles. The van der Waals surface area contributed by atoms with Crippen LogP contribution in [-0.2, 0) is 7.05 Å². The number of hydrogen-bond acceptors (Lipinski definition) is 7. The van der Waals surface area contributed by atoms with Gasteiger partial charge in [0.25, 0.3) is 5.56 Å². The number of ether oxygens (including phenoxy) is 1. The number of benzene rings is 1. The Morgan fingerprint density at radius 2 is 2.04 bits per heavy atom. The van der Waals surface area contributed by atoms with Gasteiger partial charge in [-0.25, -0.2) is 9.67 Å². The summed E-state index contributed by atoms with van der Waals surface area (Å²) in [5, 5.41) is 5.41. The van der Waals surface area contributed by atoms with Gasteiger partial charge >= 0.3 is 0 Å². The van der Waals surface area contributed by atoms with Gasteiger partial charge in [0.1, 0.15) is 16.3 Å². The normalized spacial score (nSPS) is 21.1. The molecule has 3 saturated heterocycles. The topological polar surface area (TPSA) is 63.5 Å². The Morgan fingerprint density at radius 1 is 1.29 bits per heavy atom. The first-order chi connectivity index (χ1) is 13.5. The van der Waals surface area contributed by atoms with Crippen molar-refractivity contribution >= 4 is 44.0 Å². The van der Waals surface area contributed by atoms with E-state index >= 15 is 0 Å². The van der Waals surface area contributed by atoms with Crippen molar-refractivity contribution in [2.75, 3.05) is 30.0 Å². The fraction of sp³-hybridized carbons (Fsp3) is 0.421. The maximum Gasteiger partial charge on any atom is 0.287 e. The third kappa shape index (κ3) is 2.51. The number of thiazole rings is 1. The zero-order chi connectivity index (χ0) is 19.6. The Hall–Kier alpha value is -2.32. The molecule has 2 aromatic heterocycles. The molecule has 2 unspecified atom stereocenters. The van der Waals surface area contributed by atoms with Crippen LogP contribution in [0.25, 0.3) is 10.2 Å². The van der Waals surface area contributed by atoms with E-state index in [-0.39, 0.29) is 10.6 Å². The number of rotatable bonds is 3. The third-order valence-electron chi connectivity index (χ3n) is 5.73. The fourth-order valence-corrected chi connectivity index (χ4v) is 5.70. The Morgan fingerprint density at radius 3 is 2.75 bits per heavy atom. The smallest absolute Gasteiger partial charge is 0.287 e. The number of piperidine rings is 1. The summed E-state index contributed by atoms with van der Waals surface area (Å²) in [7, 11) is 3.29. The Kier molecular flexibility index (Phi) is 4.03. The van der Waals surface area contributed by atoms with E-state index in [4.69, 9.17) is 21.3 Å². The lowest BCUT2D eigenvalue weighted by atomic mass is 9.88. The molecule has 9 heteroatoms. The lowest BCUT2D eigenvalue weighted by Crippen LogP contribution is -2.69. The molecule has 28 heavy (non-hydrogen) atoms. The van der Waals surface area contributed by atoms with Crippen LogP contribution in [0, 0.1) is 6.92 Å². The summed E-state index contributed by atoms with van der Waals surface area (Å²) in [6.07, 6.45) is 2.81. The predicted octanol–water partition coefficient (Wildman–Crippen LogP) is 2.83. The minimum atomic E-state index is -0.260. The number of anilines is 2. The van der Waals surface area contributed by atoms with Gasteiger partial charge in [0, 0.05) is 20.1 Å². The molecule has 3 aliphatic rings. The van der Waals surface area contributed by atoms with Crippen LogP contribution in [0.5, 0.6) is 5.75 Å². The zero-order valence-corrected chi connectivity index (χ0v) is 17.4. The summed E-state index contributed by atoms with van der Waals surface area (Å²) >= 11 is 8.02. The minimum Gasteiger partial charge on any atom is -0.494 e. The maximum atomic E-state index is 12.1. The SMILES string of the molecule is COc1ccc(C)c2sc(N3C4CC3CN(c3cnn(C)c(=O)c3Cl)C4)nc12. The molecule has 1 aromatic carbocycles. The molecule has 3 aliphatic heterocycles. The minimum absolute atomic E-state index is 0.241. The summed E-state index contributed by atoms with van der Waals surface area (Å²) in [4.78, 5) is 21.6. The van der Waals surface area contributed by atoms with Crippen LogP contribution in [0.2, 0.25) is 5.02 Å². The lowest BCUT2D eigenvalue weighted by Gasteiger charge is -2.56. The van der Waals surface area contributed by atoms with Gasteiger partial charge < -0.3 is 14.5 Å². The molecule has 3 aromatic rings. The zero-order valence-electron chi connectivity index (χ0n) is 15.8. The molecule has 0 amide bonds. The van der Waals surface area contributed by atoms with Crippen LogP contribution < -0.4 is 20.1 Å². The molecule has 0 radical (unpaired) electrons. The van der Waals surface area contributed by atoms with Crippen molar-refractivity contribution in [3.05, 3.63) is 39.3 Å². The molecular formula is C19H20ClN5O2S. The Balaban J connectivity index is 1.44. The van der Waals surface area contributed by atoms with E-state index in [1.807, 2.05) is 6.07 Å². The highest BCUT2D eigenvalue weighted by molar-refractivity contribution is 7.22. The van der Waals surface area contributed by atoms with Crippen LogP contribution in [0.4, 0.5) is 10.8 Å². The van der Waals surface area contributed by atoms with E-state index in [0.717, 1.165) is 41.6 Å². The second-order valence-corrected chi connectivity index (χ2v) is 8.74. The standard InChI is InChI=1S/C19H20ClN5O2S/c1-10-4-5-14(27-3)16-17(10)28-19(22-16)25-11-6-12(25)9-24(8-11)13-7-21-23(2)18(26)15(13)20/h4-5,7,11-12H,6,8-9H2,1-3H3. The van der Waals surface area contributed by atoms with Crippen LogP contribution in [-0.4, -0.2) is 47.0 Å². The number of piperazine rings is 1. The molecule has 2 atom stereocenters. The van der Waals surface area contributed by atoms with E-state index in [9.17, 15) is 4.79 Å². The van der Waals surface area contributed by atoms with Gasteiger partial charge in [0.05, 0.1) is 35.8 Å². The number of aromatic nitrogens is 3. The number of nitrogens with zero attached hydrogens (tertiary/aromatic N) is 5. The van der Waals surface area contributed by atoms with Gasteiger partial charge in [-0.15, -0.1) is 0 Å². The van der Waals surface area contributed by atoms with Gasteiger partial charge in [-0.3, -0.25) is 4.79 Å². The van der Waals surface area contributed by atoms with E-state index in [1.54, 1.807) is 31.7 Å². The van der Waals surface area contributed by atoms with E-state index in [0.29, 0.717) is 12.1 Å². The van der Waals surface area contributed by atoms with Gasteiger partial charge in [0.2, 0.25) is 0 Å². The maximum absolute atomic E-state index is 12.1. The van der Waals surface area contributed by atoms with E-state index in [1.165, 1.54) is 14.9 Å². The van der Waals surface area contributed by atoms with E-state index in [2.05, 4.69) is 27.9 Å². The molecule has 0 spiro atoms. The van der Waals surface area contributed by atoms with Crippen molar-refractivity contribution in [3.8, 4) is 5.75 Å². The number of methoxy groups -OCH3 is 1. The lowest BCUT2D eigenvalue weighted by molar-refractivity contribution is 0.291. The third-order valence-corrected chi connectivity index (χ3v) is 7.29. The Labute approximate surface area is 171 Å². The van der Waals surface area contributed by atoms with Crippen LogP contribution in [0.3, 0.4) is 0 Å². The number of halogens is 1. The summed E-state index contributed by atoms with van der Waals surface area (Å²) in [5.41, 5.74) is 2.61. The molecule has 3 fully saturated rings. The van der Waals surface area contributed by atoms with Gasteiger partial charge in [-0.05, 0) is 25.0 Å². The molecule has 0 N–H and O–H groups in total. The van der Waals surface area contributed by atoms with Crippen molar-refractivity contribution in [2.24, 2.45) is 7.05 Å². The average Bonchev–Trinajstić information content (AvgIpc) is 3.12. The summed E-state index contributed by atoms with van der Waals surface area (Å²) < 4.78 is 7.93. The molecular weight excluding hydrogens is 398 g/mol. The highest BCUT2D eigenvalue weighted by Gasteiger charge is 2.46. The fourth-order valence-electron chi connectivity index (χ4n) is 4.21. The first-order valence-corrected chi connectivity index (χ1v) is 10.4. The molecule has 6 rings (SSSR count). The van der Waals surface area contributed by atoms with Gasteiger partial charge in [-0.2, -0.15) is 5.10 Å². The van der Waals surface area contributed by atoms with Crippen LogP contribution in [0.1, 0.15) is 12.0 Å². The first-order valence-electron chi connectivity index (χ1n) is 9.17. The largest absolute Gasteiger partial charge is 0.494 e. The van der Waals surface area contributed by atoms with Crippen molar-refractivity contribution in [1.29, 1.82) is 0 Å². The number of hydrogen-bond donors (Lipinski definition) is 0. The molecule has 0 aliphatic carbocycles. The molecule has 2 bridgehead atoms. The highest BCUT2D eigenvalue weighted by atomic mass is 35.5. The van der Waals surface area contributed by atoms with Crippen LogP contribution >= 0.6 is 22.9 Å². The van der Waals surface area contributed by atoms with Crippen LogP contribution in [0.15, 0.2) is 23.1 Å². The second-order valence-electron chi connectivity index (χ2n) is 7.39. The summed E-state index contributed by atoms with van der Waals surface area (Å²) in [6.45, 7) is 3.71.